The van der Waals surface area contributed by atoms with Gasteiger partial charge >= 0.3 is 11.7 Å². The van der Waals surface area contributed by atoms with Crippen molar-refractivity contribution < 1.29 is 18.7 Å². The van der Waals surface area contributed by atoms with Crippen LogP contribution in [0.4, 0.5) is 4.79 Å². The highest BCUT2D eigenvalue weighted by Gasteiger charge is 2.49. The number of nitrogens with zero attached hydrogens (tertiary/aromatic N) is 1. The van der Waals surface area contributed by atoms with E-state index in [1.54, 1.807) is 44.4 Å². The first-order chi connectivity index (χ1) is 13.8. The molecule has 0 bridgehead atoms. The average Bonchev–Trinajstić information content (AvgIpc) is 2.91. The van der Waals surface area contributed by atoms with Gasteiger partial charge in [-0.15, -0.1) is 0 Å². The van der Waals surface area contributed by atoms with E-state index in [4.69, 9.17) is 9.15 Å². The summed E-state index contributed by atoms with van der Waals surface area (Å²) >= 11 is 0. The Morgan fingerprint density at radius 2 is 1.79 bits per heavy atom. The van der Waals surface area contributed by atoms with Crippen LogP contribution in [0.25, 0.3) is 11.0 Å². The van der Waals surface area contributed by atoms with Crippen LogP contribution in [0.3, 0.4) is 0 Å². The van der Waals surface area contributed by atoms with E-state index >= 15 is 0 Å². The summed E-state index contributed by atoms with van der Waals surface area (Å²) in [6, 6.07) is 13.2. The van der Waals surface area contributed by atoms with Gasteiger partial charge in [-0.1, -0.05) is 24.3 Å². The molecule has 1 aromatic heterocycles. The first-order valence-electron chi connectivity index (χ1n) is 9.14. The van der Waals surface area contributed by atoms with Gasteiger partial charge in [-0.3, -0.25) is 9.69 Å². The quantitative estimate of drug-likeness (QED) is 0.544. The van der Waals surface area contributed by atoms with Crippen molar-refractivity contribution in [3.8, 4) is 5.75 Å². The van der Waals surface area contributed by atoms with Crippen LogP contribution in [0.2, 0.25) is 0 Å². The summed E-state index contributed by atoms with van der Waals surface area (Å²) in [5.41, 5.74) is 0.848. The number of nitrogens with one attached hydrogen (secondary N) is 1. The van der Waals surface area contributed by atoms with Crippen LogP contribution in [0.5, 0.6) is 5.75 Å². The number of benzene rings is 2. The summed E-state index contributed by atoms with van der Waals surface area (Å²) in [6.07, 6.45) is 0. The van der Waals surface area contributed by atoms with Crippen molar-refractivity contribution in [1.29, 1.82) is 0 Å². The Kier molecular flexibility index (Phi) is 4.38. The van der Waals surface area contributed by atoms with Gasteiger partial charge in [0.05, 0.1) is 13.7 Å². The molecule has 0 spiro atoms. The van der Waals surface area contributed by atoms with Crippen LogP contribution in [-0.2, 0) is 16.9 Å². The molecule has 2 aromatic carbocycles. The van der Waals surface area contributed by atoms with Gasteiger partial charge in [0.1, 0.15) is 16.9 Å². The Balaban J connectivity index is 1.70. The molecule has 1 aliphatic rings. The number of hydrogen-bond donors (Lipinski definition) is 1. The van der Waals surface area contributed by atoms with Crippen molar-refractivity contribution in [2.75, 3.05) is 7.11 Å². The molecule has 7 heteroatoms. The number of carbonyl (C=O) groups is 2. The predicted octanol–water partition coefficient (Wildman–Crippen LogP) is 3.08. The second-order valence-electron chi connectivity index (χ2n) is 7.27. The summed E-state index contributed by atoms with van der Waals surface area (Å²) in [4.78, 5) is 38.9. The molecule has 1 unspecified atom stereocenters. The van der Waals surface area contributed by atoms with E-state index in [1.807, 2.05) is 19.1 Å². The highest BCUT2D eigenvalue weighted by Crippen LogP contribution is 2.31. The second-order valence-corrected chi connectivity index (χ2v) is 7.27. The van der Waals surface area contributed by atoms with Gasteiger partial charge in [0.2, 0.25) is 0 Å². The summed E-state index contributed by atoms with van der Waals surface area (Å²) in [5.74, 6) is 0.268. The molecule has 29 heavy (non-hydrogen) atoms. The predicted molar refractivity (Wildman–Crippen MR) is 107 cm³/mol. The number of methoxy groups -OCH3 is 1. The maximum absolute atomic E-state index is 13.2. The monoisotopic (exact) mass is 392 g/mol. The molecule has 0 aliphatic carbocycles. The fraction of sp³-hybridized carbons (Fsp3) is 0.227. The lowest BCUT2D eigenvalue weighted by Crippen LogP contribution is -2.40. The molecule has 1 aliphatic heterocycles. The Morgan fingerprint density at radius 1 is 1.07 bits per heavy atom. The van der Waals surface area contributed by atoms with Crippen molar-refractivity contribution in [1.82, 2.24) is 10.2 Å². The molecule has 2 heterocycles. The van der Waals surface area contributed by atoms with E-state index in [0.29, 0.717) is 27.8 Å². The van der Waals surface area contributed by atoms with Crippen LogP contribution < -0.4 is 15.7 Å². The third kappa shape index (κ3) is 3.14. The Labute approximate surface area is 166 Å². The van der Waals surface area contributed by atoms with E-state index in [2.05, 4.69) is 5.32 Å². The molecule has 1 fully saturated rings. The van der Waals surface area contributed by atoms with Gasteiger partial charge in [0, 0.05) is 11.5 Å². The molecule has 1 atom stereocenters. The van der Waals surface area contributed by atoms with Crippen molar-refractivity contribution in [3.05, 3.63) is 75.6 Å². The minimum absolute atomic E-state index is 0.0262. The molecule has 4 rings (SSSR count). The van der Waals surface area contributed by atoms with Gasteiger partial charge in [-0.2, -0.15) is 0 Å². The van der Waals surface area contributed by atoms with Crippen LogP contribution in [0.1, 0.15) is 23.6 Å². The SMILES string of the molecule is COc1ccc(C2(C)NC(=O)N(Cc3cc(=O)oc4cc(C)ccc34)C2=O)cc1. The van der Waals surface area contributed by atoms with Crippen molar-refractivity contribution in [2.45, 2.75) is 25.9 Å². The smallest absolute Gasteiger partial charge is 0.336 e. The summed E-state index contributed by atoms with van der Waals surface area (Å²) in [5, 5.41) is 3.46. The third-order valence-corrected chi connectivity index (χ3v) is 5.26. The number of aryl methyl sites for hydroxylation is 1. The van der Waals surface area contributed by atoms with Gasteiger partial charge in [0.25, 0.3) is 5.91 Å². The number of urea groups is 1. The minimum atomic E-state index is -1.20. The average molecular weight is 392 g/mol. The van der Waals surface area contributed by atoms with Crippen molar-refractivity contribution in [3.63, 3.8) is 0 Å². The largest absolute Gasteiger partial charge is 0.497 e. The lowest BCUT2D eigenvalue weighted by molar-refractivity contribution is -0.131. The number of imide groups is 1. The second kappa shape index (κ2) is 6.77. The molecule has 1 N–H and O–H groups in total. The zero-order valence-corrected chi connectivity index (χ0v) is 16.3. The summed E-state index contributed by atoms with van der Waals surface area (Å²) in [7, 11) is 1.56. The first kappa shape index (κ1) is 18.7. The Morgan fingerprint density at radius 3 is 2.48 bits per heavy atom. The molecule has 7 nitrogen and oxygen atoms in total. The first-order valence-corrected chi connectivity index (χ1v) is 9.14. The number of fused-ring (bicyclic) bond motifs is 1. The van der Waals surface area contributed by atoms with E-state index in [9.17, 15) is 14.4 Å². The zero-order chi connectivity index (χ0) is 20.8. The molecular weight excluding hydrogens is 372 g/mol. The Bertz CT molecular complexity index is 1180. The fourth-order valence-electron chi connectivity index (χ4n) is 3.60. The Hall–Kier alpha value is -3.61. The van der Waals surface area contributed by atoms with Gasteiger partial charge < -0.3 is 14.5 Å². The maximum atomic E-state index is 13.2. The van der Waals surface area contributed by atoms with Crippen LogP contribution in [0.15, 0.2) is 57.7 Å². The number of rotatable bonds is 4. The topological polar surface area (TPSA) is 88.8 Å². The molecule has 3 aromatic rings. The highest BCUT2D eigenvalue weighted by atomic mass is 16.5. The molecule has 148 valence electrons. The van der Waals surface area contributed by atoms with E-state index < -0.39 is 17.2 Å². The van der Waals surface area contributed by atoms with E-state index in [1.165, 1.54) is 6.07 Å². The molecular formula is C22H20N2O5. The minimum Gasteiger partial charge on any atom is -0.497 e. The lowest BCUT2D eigenvalue weighted by Gasteiger charge is -2.22. The molecule has 0 radical (unpaired) electrons. The summed E-state index contributed by atoms with van der Waals surface area (Å²) in [6.45, 7) is 3.53. The number of ether oxygens (including phenoxy) is 1. The standard InChI is InChI=1S/C22H20N2O5/c1-13-4-9-17-14(11-19(25)29-18(17)10-13)12-24-20(26)22(2,23-21(24)27)15-5-7-16(28-3)8-6-15/h4-11H,12H2,1-3H3,(H,23,27). The normalized spacial score (nSPS) is 18.9. The highest BCUT2D eigenvalue weighted by molar-refractivity contribution is 6.07. The molecule has 3 amide bonds. The number of hydrogen-bond acceptors (Lipinski definition) is 5. The summed E-state index contributed by atoms with van der Waals surface area (Å²) < 4.78 is 10.4. The zero-order valence-electron chi connectivity index (χ0n) is 16.3. The third-order valence-electron chi connectivity index (χ3n) is 5.26. The van der Waals surface area contributed by atoms with Crippen LogP contribution in [0, 0.1) is 6.92 Å². The van der Waals surface area contributed by atoms with Crippen molar-refractivity contribution >= 4 is 22.9 Å². The van der Waals surface area contributed by atoms with Crippen LogP contribution in [-0.4, -0.2) is 23.9 Å². The molecule has 0 saturated carbocycles. The van der Waals surface area contributed by atoms with E-state index in [0.717, 1.165) is 10.5 Å². The van der Waals surface area contributed by atoms with Crippen molar-refractivity contribution in [2.24, 2.45) is 0 Å². The van der Waals surface area contributed by atoms with E-state index in [-0.39, 0.29) is 12.5 Å². The number of carbonyl (C=O) groups excluding carboxylic acids is 2. The van der Waals surface area contributed by atoms with Gasteiger partial charge in [0.15, 0.2) is 0 Å². The fourth-order valence-corrected chi connectivity index (χ4v) is 3.60. The maximum Gasteiger partial charge on any atom is 0.336 e. The van der Waals surface area contributed by atoms with Crippen LogP contribution >= 0.6 is 0 Å². The van der Waals surface area contributed by atoms with Gasteiger partial charge in [-0.05, 0) is 48.7 Å². The van der Waals surface area contributed by atoms with Gasteiger partial charge in [-0.25, -0.2) is 9.59 Å². The molecule has 1 saturated heterocycles. The number of amides is 3. The lowest BCUT2D eigenvalue weighted by atomic mass is 9.92.